The van der Waals surface area contributed by atoms with Gasteiger partial charge in [0.15, 0.2) is 0 Å². The number of nitrogens with one attached hydrogen (secondary N) is 1. The number of aromatic nitrogens is 4. The number of carbonyl (C=O) groups is 2. The van der Waals surface area contributed by atoms with Gasteiger partial charge in [-0.1, -0.05) is 36.4 Å². The second-order valence-corrected chi connectivity index (χ2v) is 7.32. The zero-order chi connectivity index (χ0) is 22.7. The number of nitrogens with zero attached hydrogens (tertiary/aromatic N) is 4. The third-order valence-corrected chi connectivity index (χ3v) is 5.17. The number of methoxy groups -OCH3 is 1. The first-order valence-corrected chi connectivity index (χ1v) is 10.1. The van der Waals surface area contributed by atoms with Crippen molar-refractivity contribution in [2.75, 3.05) is 12.4 Å². The molecule has 2 aromatic carbocycles. The van der Waals surface area contributed by atoms with Gasteiger partial charge in [-0.3, -0.25) is 9.48 Å². The molecule has 0 unspecified atom stereocenters. The molecule has 0 saturated carbocycles. The first kappa shape index (κ1) is 21.0. The Labute approximate surface area is 185 Å². The molecule has 0 radical (unpaired) electrons. The van der Waals surface area contributed by atoms with Crippen molar-refractivity contribution in [3.05, 3.63) is 95.1 Å². The molecule has 0 fully saturated rings. The lowest BCUT2D eigenvalue weighted by atomic mass is 10.1. The van der Waals surface area contributed by atoms with Crippen LogP contribution in [0.5, 0.6) is 0 Å². The summed E-state index contributed by atoms with van der Waals surface area (Å²) in [5.41, 5.74) is 4.62. The van der Waals surface area contributed by atoms with E-state index in [0.717, 1.165) is 16.9 Å². The molecule has 8 heteroatoms. The quantitative estimate of drug-likeness (QED) is 0.471. The maximum atomic E-state index is 13.0. The number of amides is 1. The Morgan fingerprint density at radius 3 is 2.50 bits per heavy atom. The van der Waals surface area contributed by atoms with Crippen LogP contribution in [0.3, 0.4) is 0 Å². The average molecular weight is 429 g/mol. The van der Waals surface area contributed by atoms with Crippen LogP contribution >= 0.6 is 0 Å². The van der Waals surface area contributed by atoms with Gasteiger partial charge in [0.1, 0.15) is 0 Å². The molecule has 0 spiro atoms. The average Bonchev–Trinajstić information content (AvgIpc) is 3.36. The van der Waals surface area contributed by atoms with E-state index < -0.39 is 5.97 Å². The molecular formula is C24H23N5O3. The van der Waals surface area contributed by atoms with E-state index in [2.05, 4.69) is 15.5 Å². The lowest BCUT2D eigenvalue weighted by Gasteiger charge is -2.08. The minimum absolute atomic E-state index is 0.253. The van der Waals surface area contributed by atoms with Crippen molar-refractivity contribution in [2.24, 2.45) is 0 Å². The van der Waals surface area contributed by atoms with Gasteiger partial charge in [0.2, 0.25) is 0 Å². The van der Waals surface area contributed by atoms with Crippen molar-refractivity contribution in [1.29, 1.82) is 0 Å². The van der Waals surface area contributed by atoms with E-state index in [-0.39, 0.29) is 5.91 Å². The first-order chi connectivity index (χ1) is 15.5. The zero-order valence-corrected chi connectivity index (χ0v) is 18.1. The predicted octanol–water partition coefficient (Wildman–Crippen LogP) is 3.77. The fourth-order valence-electron chi connectivity index (χ4n) is 3.64. The van der Waals surface area contributed by atoms with Crippen molar-refractivity contribution in [3.63, 3.8) is 0 Å². The van der Waals surface area contributed by atoms with Crippen LogP contribution in [-0.4, -0.2) is 38.5 Å². The standard InChI is InChI=1S/C24H23N5O3/c1-16-22(17(2)29(27-16)20-10-5-4-6-11-20)23(30)26-19-13-25-28(15-19)14-18-9-7-8-12-21(18)24(31)32-3/h4-13,15H,14H2,1-3H3,(H,26,30). The largest absolute Gasteiger partial charge is 0.465 e. The Bertz CT molecular complexity index is 1270. The minimum atomic E-state index is -0.400. The summed E-state index contributed by atoms with van der Waals surface area (Å²) in [6.45, 7) is 4.05. The molecule has 0 aliphatic rings. The summed E-state index contributed by atoms with van der Waals surface area (Å²) in [6, 6.07) is 16.9. The molecule has 4 rings (SSSR count). The molecule has 0 aliphatic heterocycles. The van der Waals surface area contributed by atoms with Gasteiger partial charge in [-0.15, -0.1) is 0 Å². The smallest absolute Gasteiger partial charge is 0.338 e. The van der Waals surface area contributed by atoms with Crippen LogP contribution < -0.4 is 5.32 Å². The number of hydrogen-bond donors (Lipinski definition) is 1. The van der Waals surface area contributed by atoms with E-state index in [1.807, 2.05) is 56.3 Å². The molecule has 0 saturated heterocycles. The zero-order valence-electron chi connectivity index (χ0n) is 18.1. The fraction of sp³-hybridized carbons (Fsp3) is 0.167. The Morgan fingerprint density at radius 1 is 1.03 bits per heavy atom. The highest BCUT2D eigenvalue weighted by Gasteiger charge is 2.20. The second-order valence-electron chi connectivity index (χ2n) is 7.32. The fourth-order valence-corrected chi connectivity index (χ4v) is 3.64. The molecule has 32 heavy (non-hydrogen) atoms. The van der Waals surface area contributed by atoms with E-state index in [1.54, 1.807) is 33.9 Å². The number of esters is 1. The number of benzene rings is 2. The number of ether oxygens (including phenoxy) is 1. The van der Waals surface area contributed by atoms with Gasteiger partial charge in [-0.2, -0.15) is 10.2 Å². The van der Waals surface area contributed by atoms with Crippen LogP contribution in [0.25, 0.3) is 5.69 Å². The van der Waals surface area contributed by atoms with Crippen LogP contribution in [0.4, 0.5) is 5.69 Å². The van der Waals surface area contributed by atoms with Crippen LogP contribution in [0, 0.1) is 13.8 Å². The van der Waals surface area contributed by atoms with Crippen LogP contribution in [0.15, 0.2) is 67.0 Å². The van der Waals surface area contributed by atoms with Gasteiger partial charge in [0.05, 0.1) is 53.7 Å². The molecular weight excluding hydrogens is 406 g/mol. The van der Waals surface area contributed by atoms with Crippen molar-refractivity contribution in [1.82, 2.24) is 19.6 Å². The number of aryl methyl sites for hydroxylation is 1. The van der Waals surface area contributed by atoms with Gasteiger partial charge in [-0.05, 0) is 37.6 Å². The molecule has 8 nitrogen and oxygen atoms in total. The molecule has 0 atom stereocenters. The number of hydrogen-bond acceptors (Lipinski definition) is 5. The number of anilines is 1. The summed E-state index contributed by atoms with van der Waals surface area (Å²) in [5, 5.41) is 11.7. The summed E-state index contributed by atoms with van der Waals surface area (Å²) in [4.78, 5) is 25.0. The Kier molecular flexibility index (Phi) is 5.85. The van der Waals surface area contributed by atoms with Crippen molar-refractivity contribution in [2.45, 2.75) is 20.4 Å². The Hall–Kier alpha value is -4.20. The van der Waals surface area contributed by atoms with E-state index in [0.29, 0.717) is 29.1 Å². The lowest BCUT2D eigenvalue weighted by Crippen LogP contribution is -2.14. The number of carbonyl (C=O) groups excluding carboxylic acids is 2. The van der Waals surface area contributed by atoms with Gasteiger partial charge >= 0.3 is 5.97 Å². The number of para-hydroxylation sites is 1. The molecule has 0 bridgehead atoms. The van der Waals surface area contributed by atoms with Crippen LogP contribution in [0.2, 0.25) is 0 Å². The summed E-state index contributed by atoms with van der Waals surface area (Å²) < 4.78 is 8.26. The molecule has 0 aliphatic carbocycles. The molecule has 162 valence electrons. The Morgan fingerprint density at radius 2 is 1.75 bits per heavy atom. The summed E-state index contributed by atoms with van der Waals surface area (Å²) in [7, 11) is 1.35. The molecule has 1 N–H and O–H groups in total. The highest BCUT2D eigenvalue weighted by Crippen LogP contribution is 2.20. The highest BCUT2D eigenvalue weighted by molar-refractivity contribution is 6.05. The number of rotatable bonds is 6. The third kappa shape index (κ3) is 4.15. The predicted molar refractivity (Wildman–Crippen MR) is 120 cm³/mol. The van der Waals surface area contributed by atoms with Crippen molar-refractivity contribution in [3.8, 4) is 5.69 Å². The summed E-state index contributed by atoms with van der Waals surface area (Å²) >= 11 is 0. The molecule has 1 amide bonds. The topological polar surface area (TPSA) is 91.0 Å². The van der Waals surface area contributed by atoms with E-state index in [1.165, 1.54) is 7.11 Å². The van der Waals surface area contributed by atoms with Gasteiger partial charge in [-0.25, -0.2) is 9.48 Å². The van der Waals surface area contributed by atoms with E-state index >= 15 is 0 Å². The first-order valence-electron chi connectivity index (χ1n) is 10.1. The van der Waals surface area contributed by atoms with Gasteiger partial charge in [0, 0.05) is 6.20 Å². The SMILES string of the molecule is COC(=O)c1ccccc1Cn1cc(NC(=O)c2c(C)nn(-c3ccccc3)c2C)cn1. The monoisotopic (exact) mass is 429 g/mol. The maximum absolute atomic E-state index is 13.0. The van der Waals surface area contributed by atoms with Gasteiger partial charge in [0.25, 0.3) is 5.91 Å². The summed E-state index contributed by atoms with van der Waals surface area (Å²) in [6.07, 6.45) is 3.29. The van der Waals surface area contributed by atoms with Crippen LogP contribution in [-0.2, 0) is 11.3 Å². The van der Waals surface area contributed by atoms with Crippen LogP contribution in [0.1, 0.15) is 37.7 Å². The Balaban J connectivity index is 1.52. The van der Waals surface area contributed by atoms with E-state index in [9.17, 15) is 9.59 Å². The molecule has 2 heterocycles. The minimum Gasteiger partial charge on any atom is -0.465 e. The second kappa shape index (κ2) is 8.89. The molecule has 2 aromatic heterocycles. The highest BCUT2D eigenvalue weighted by atomic mass is 16.5. The molecule has 4 aromatic rings. The van der Waals surface area contributed by atoms with Gasteiger partial charge < -0.3 is 10.1 Å². The summed E-state index contributed by atoms with van der Waals surface area (Å²) in [5.74, 6) is -0.653. The normalized spacial score (nSPS) is 10.7. The van der Waals surface area contributed by atoms with E-state index in [4.69, 9.17) is 4.74 Å². The maximum Gasteiger partial charge on any atom is 0.338 e. The van der Waals surface area contributed by atoms with Crippen molar-refractivity contribution < 1.29 is 14.3 Å². The third-order valence-electron chi connectivity index (χ3n) is 5.17. The van der Waals surface area contributed by atoms with Crippen molar-refractivity contribution >= 4 is 17.6 Å². The lowest BCUT2D eigenvalue weighted by molar-refractivity contribution is 0.0599.